The SMILES string of the molecule is CCCCCCCCC(O)C(C)OCC1COC(C)(C)O1. The summed E-state index contributed by atoms with van der Waals surface area (Å²) in [5.41, 5.74) is 0. The van der Waals surface area contributed by atoms with Gasteiger partial charge >= 0.3 is 0 Å². The molecule has 0 aromatic heterocycles. The van der Waals surface area contributed by atoms with Gasteiger partial charge in [0.1, 0.15) is 6.10 Å². The van der Waals surface area contributed by atoms with Gasteiger partial charge in [0, 0.05) is 0 Å². The summed E-state index contributed by atoms with van der Waals surface area (Å²) in [5, 5.41) is 10.1. The van der Waals surface area contributed by atoms with Crippen LogP contribution >= 0.6 is 0 Å². The Labute approximate surface area is 130 Å². The molecule has 4 nitrogen and oxygen atoms in total. The fraction of sp³-hybridized carbons (Fsp3) is 1.00. The lowest BCUT2D eigenvalue weighted by molar-refractivity contribution is -0.150. The van der Waals surface area contributed by atoms with Gasteiger partial charge in [0.25, 0.3) is 0 Å². The first-order valence-corrected chi connectivity index (χ1v) is 8.56. The van der Waals surface area contributed by atoms with Crippen LogP contribution in [0.5, 0.6) is 0 Å². The van der Waals surface area contributed by atoms with E-state index in [0.29, 0.717) is 13.2 Å². The van der Waals surface area contributed by atoms with Crippen LogP contribution in [0.4, 0.5) is 0 Å². The van der Waals surface area contributed by atoms with E-state index >= 15 is 0 Å². The van der Waals surface area contributed by atoms with E-state index in [0.717, 1.165) is 12.8 Å². The van der Waals surface area contributed by atoms with Crippen LogP contribution in [-0.2, 0) is 14.2 Å². The molecule has 3 atom stereocenters. The van der Waals surface area contributed by atoms with Gasteiger partial charge in [-0.3, -0.25) is 0 Å². The third-order valence-electron chi connectivity index (χ3n) is 4.01. The molecule has 21 heavy (non-hydrogen) atoms. The van der Waals surface area contributed by atoms with Crippen LogP contribution in [0.3, 0.4) is 0 Å². The summed E-state index contributed by atoms with van der Waals surface area (Å²) in [4.78, 5) is 0. The van der Waals surface area contributed by atoms with Gasteiger partial charge in [-0.25, -0.2) is 0 Å². The first-order chi connectivity index (χ1) is 9.94. The quantitative estimate of drug-likeness (QED) is 0.592. The molecule has 1 rings (SSSR count). The highest BCUT2D eigenvalue weighted by atomic mass is 16.7. The van der Waals surface area contributed by atoms with Gasteiger partial charge in [0.15, 0.2) is 5.79 Å². The standard InChI is InChI=1S/C17H34O4/c1-5-6-7-8-9-10-11-16(18)14(2)19-12-15-13-20-17(3,4)21-15/h14-16,18H,5-13H2,1-4H3. The Morgan fingerprint density at radius 3 is 2.48 bits per heavy atom. The third kappa shape index (κ3) is 8.15. The van der Waals surface area contributed by atoms with E-state index in [1.165, 1.54) is 32.1 Å². The molecule has 0 amide bonds. The lowest BCUT2D eigenvalue weighted by Crippen LogP contribution is -2.31. The zero-order valence-electron chi connectivity index (χ0n) is 14.3. The zero-order chi connectivity index (χ0) is 15.7. The second-order valence-electron chi connectivity index (χ2n) is 6.61. The van der Waals surface area contributed by atoms with Crippen LogP contribution in [0.25, 0.3) is 0 Å². The maximum atomic E-state index is 10.1. The number of aliphatic hydroxyl groups excluding tert-OH is 1. The smallest absolute Gasteiger partial charge is 0.163 e. The Morgan fingerprint density at radius 2 is 1.86 bits per heavy atom. The predicted octanol–water partition coefficient (Wildman–Crippen LogP) is 3.65. The van der Waals surface area contributed by atoms with Crippen molar-refractivity contribution in [1.82, 2.24) is 0 Å². The highest BCUT2D eigenvalue weighted by molar-refractivity contribution is 4.72. The van der Waals surface area contributed by atoms with E-state index in [2.05, 4.69) is 6.92 Å². The molecule has 1 saturated heterocycles. The third-order valence-corrected chi connectivity index (χ3v) is 4.01. The Hall–Kier alpha value is -0.160. The highest BCUT2D eigenvalue weighted by Crippen LogP contribution is 2.23. The van der Waals surface area contributed by atoms with Crippen molar-refractivity contribution < 1.29 is 19.3 Å². The zero-order valence-corrected chi connectivity index (χ0v) is 14.3. The summed E-state index contributed by atoms with van der Waals surface area (Å²) in [5.74, 6) is -0.506. The van der Waals surface area contributed by atoms with Crippen molar-refractivity contribution in [2.24, 2.45) is 0 Å². The topological polar surface area (TPSA) is 47.9 Å². The molecule has 0 radical (unpaired) electrons. The first kappa shape index (κ1) is 18.9. The maximum Gasteiger partial charge on any atom is 0.163 e. The van der Waals surface area contributed by atoms with Gasteiger partial charge in [-0.15, -0.1) is 0 Å². The molecule has 0 aromatic carbocycles. The minimum atomic E-state index is -0.506. The molecule has 1 aliphatic rings. The summed E-state index contributed by atoms with van der Waals surface area (Å²) in [6, 6.07) is 0. The number of hydrogen-bond donors (Lipinski definition) is 1. The molecule has 0 spiro atoms. The summed E-state index contributed by atoms with van der Waals surface area (Å²) >= 11 is 0. The lowest BCUT2D eigenvalue weighted by atomic mass is 10.0. The number of unbranched alkanes of at least 4 members (excludes halogenated alkanes) is 5. The van der Waals surface area contributed by atoms with Crippen molar-refractivity contribution >= 4 is 0 Å². The van der Waals surface area contributed by atoms with Gasteiger partial charge in [-0.2, -0.15) is 0 Å². The van der Waals surface area contributed by atoms with Crippen LogP contribution in [0, 0.1) is 0 Å². The Kier molecular flexibility index (Phi) is 8.79. The second kappa shape index (κ2) is 9.78. The van der Waals surface area contributed by atoms with Crippen molar-refractivity contribution in [3.8, 4) is 0 Å². The van der Waals surface area contributed by atoms with E-state index < -0.39 is 5.79 Å². The Morgan fingerprint density at radius 1 is 1.19 bits per heavy atom. The van der Waals surface area contributed by atoms with E-state index in [1.807, 2.05) is 20.8 Å². The molecular formula is C17H34O4. The van der Waals surface area contributed by atoms with Gasteiger partial charge < -0.3 is 19.3 Å². The lowest BCUT2D eigenvalue weighted by Gasteiger charge is -2.22. The van der Waals surface area contributed by atoms with Crippen LogP contribution in [0.1, 0.15) is 72.6 Å². The van der Waals surface area contributed by atoms with Crippen molar-refractivity contribution in [2.45, 2.75) is 96.7 Å². The van der Waals surface area contributed by atoms with E-state index in [1.54, 1.807) is 0 Å². The van der Waals surface area contributed by atoms with E-state index in [9.17, 15) is 5.11 Å². The maximum absolute atomic E-state index is 10.1. The average Bonchev–Trinajstić information content (AvgIpc) is 2.79. The monoisotopic (exact) mass is 302 g/mol. The van der Waals surface area contributed by atoms with Crippen LogP contribution in [0.15, 0.2) is 0 Å². The highest BCUT2D eigenvalue weighted by Gasteiger charge is 2.33. The predicted molar refractivity (Wildman–Crippen MR) is 84.3 cm³/mol. The van der Waals surface area contributed by atoms with Gasteiger partial charge in [0.2, 0.25) is 0 Å². The van der Waals surface area contributed by atoms with E-state index in [-0.39, 0.29) is 18.3 Å². The molecule has 126 valence electrons. The summed E-state index contributed by atoms with van der Waals surface area (Å²) in [7, 11) is 0. The molecule has 0 saturated carbocycles. The Bertz CT molecular complexity index is 268. The molecular weight excluding hydrogens is 268 g/mol. The van der Waals surface area contributed by atoms with Crippen molar-refractivity contribution in [3.63, 3.8) is 0 Å². The number of hydrogen-bond acceptors (Lipinski definition) is 4. The number of aliphatic hydroxyl groups is 1. The second-order valence-corrected chi connectivity index (χ2v) is 6.61. The van der Waals surface area contributed by atoms with Crippen molar-refractivity contribution in [1.29, 1.82) is 0 Å². The van der Waals surface area contributed by atoms with Crippen LogP contribution < -0.4 is 0 Å². The molecule has 1 fully saturated rings. The molecule has 3 unspecified atom stereocenters. The fourth-order valence-electron chi connectivity index (χ4n) is 2.58. The number of rotatable bonds is 11. The molecule has 1 aliphatic heterocycles. The minimum absolute atomic E-state index is 0.0244. The van der Waals surface area contributed by atoms with Crippen LogP contribution in [0.2, 0.25) is 0 Å². The molecule has 0 aliphatic carbocycles. The summed E-state index contributed by atoms with van der Waals surface area (Å²) < 4.78 is 16.9. The normalized spacial score (nSPS) is 24.1. The van der Waals surface area contributed by atoms with Gasteiger partial charge in [-0.05, 0) is 27.2 Å². The van der Waals surface area contributed by atoms with Gasteiger partial charge in [-0.1, -0.05) is 45.4 Å². The van der Waals surface area contributed by atoms with Crippen molar-refractivity contribution in [3.05, 3.63) is 0 Å². The molecule has 4 heteroatoms. The largest absolute Gasteiger partial charge is 0.390 e. The first-order valence-electron chi connectivity index (χ1n) is 8.56. The van der Waals surface area contributed by atoms with Crippen molar-refractivity contribution in [2.75, 3.05) is 13.2 Å². The fourth-order valence-corrected chi connectivity index (χ4v) is 2.58. The van der Waals surface area contributed by atoms with Gasteiger partial charge in [0.05, 0.1) is 25.4 Å². The van der Waals surface area contributed by atoms with Crippen LogP contribution in [-0.4, -0.2) is 42.4 Å². The molecule has 0 bridgehead atoms. The molecule has 0 aromatic rings. The van der Waals surface area contributed by atoms with E-state index in [4.69, 9.17) is 14.2 Å². The Balaban J connectivity index is 2.04. The summed E-state index contributed by atoms with van der Waals surface area (Å²) in [6.45, 7) is 9.02. The average molecular weight is 302 g/mol. The number of ether oxygens (including phenoxy) is 3. The molecule has 1 N–H and O–H groups in total. The minimum Gasteiger partial charge on any atom is -0.390 e. The molecule has 1 heterocycles. The summed E-state index contributed by atoms with van der Waals surface area (Å²) in [6.07, 6.45) is 7.74.